The van der Waals surface area contributed by atoms with Crippen molar-refractivity contribution in [2.75, 3.05) is 11.5 Å². The molecule has 0 fully saturated rings. The number of aryl methyl sites for hydroxylation is 1. The number of nitrogen functional groups attached to an aromatic ring is 3. The fourth-order valence-electron chi connectivity index (χ4n) is 1.23. The third kappa shape index (κ3) is 4.57. The molecule has 2 rings (SSSR count). The normalized spacial score (nSPS) is 9.17. The summed E-state index contributed by atoms with van der Waals surface area (Å²) in [5.74, 6) is 0.125. The Hall–Kier alpha value is -2.49. The minimum absolute atomic E-state index is 0.125. The molecular weight excluding hydrogens is 224 g/mol. The van der Waals surface area contributed by atoms with Gasteiger partial charge in [0.1, 0.15) is 5.84 Å². The highest BCUT2D eigenvalue weighted by Gasteiger charge is 1.92. The minimum atomic E-state index is 0.125. The maximum Gasteiger partial charge on any atom is 0.122 e. The number of benzene rings is 2. The van der Waals surface area contributed by atoms with Gasteiger partial charge in [0, 0.05) is 16.9 Å². The molecule has 0 saturated carbocycles. The topological polar surface area (TPSA) is 102 Å². The van der Waals surface area contributed by atoms with Gasteiger partial charge in [-0.15, -0.1) is 0 Å². The van der Waals surface area contributed by atoms with Crippen molar-refractivity contribution in [3.05, 3.63) is 59.7 Å². The van der Waals surface area contributed by atoms with Crippen LogP contribution in [0.2, 0.25) is 0 Å². The highest BCUT2D eigenvalue weighted by atomic mass is 14.7. The van der Waals surface area contributed by atoms with E-state index in [9.17, 15) is 0 Å². The first-order valence-corrected chi connectivity index (χ1v) is 5.51. The van der Waals surface area contributed by atoms with E-state index < -0.39 is 0 Å². The molecule has 0 radical (unpaired) electrons. The average molecular weight is 242 g/mol. The summed E-state index contributed by atoms with van der Waals surface area (Å²) in [6.45, 7) is 2.00. The first-order valence-electron chi connectivity index (χ1n) is 5.51. The molecule has 2 aromatic rings. The molecule has 0 aliphatic rings. The van der Waals surface area contributed by atoms with Crippen molar-refractivity contribution >= 4 is 17.2 Å². The lowest BCUT2D eigenvalue weighted by Gasteiger charge is -1.96. The van der Waals surface area contributed by atoms with Crippen molar-refractivity contribution in [2.45, 2.75) is 6.92 Å². The van der Waals surface area contributed by atoms with Crippen LogP contribution in [0, 0.1) is 12.3 Å². The number of amidine groups is 1. The summed E-state index contributed by atoms with van der Waals surface area (Å²) in [5, 5.41) is 7.08. The number of nitrogens with one attached hydrogen (secondary N) is 1. The Bertz CT molecular complexity index is 479. The lowest BCUT2D eigenvalue weighted by Crippen LogP contribution is -2.10. The summed E-state index contributed by atoms with van der Waals surface area (Å²) in [6.07, 6.45) is 0. The quantitative estimate of drug-likeness (QED) is 0.350. The Labute approximate surface area is 107 Å². The van der Waals surface area contributed by atoms with Gasteiger partial charge in [-0.3, -0.25) is 5.41 Å². The molecule has 0 heterocycles. The van der Waals surface area contributed by atoms with Gasteiger partial charge in [-0.2, -0.15) is 0 Å². The number of anilines is 2. The van der Waals surface area contributed by atoms with E-state index >= 15 is 0 Å². The first-order chi connectivity index (χ1) is 8.49. The maximum atomic E-state index is 7.08. The van der Waals surface area contributed by atoms with Crippen LogP contribution >= 0.6 is 0 Å². The van der Waals surface area contributed by atoms with E-state index in [1.807, 2.05) is 31.2 Å². The molecule has 4 nitrogen and oxygen atoms in total. The first kappa shape index (κ1) is 13.6. The summed E-state index contributed by atoms with van der Waals surface area (Å²) in [7, 11) is 0. The second kappa shape index (κ2) is 6.30. The Morgan fingerprint density at radius 2 is 1.22 bits per heavy atom. The van der Waals surface area contributed by atoms with Crippen LogP contribution in [0.3, 0.4) is 0 Å². The van der Waals surface area contributed by atoms with Crippen LogP contribution in [0.15, 0.2) is 48.5 Å². The van der Waals surface area contributed by atoms with Gasteiger partial charge in [0.25, 0.3) is 0 Å². The molecule has 0 spiro atoms. The van der Waals surface area contributed by atoms with Crippen LogP contribution < -0.4 is 17.2 Å². The van der Waals surface area contributed by atoms with Gasteiger partial charge in [0.05, 0.1) is 0 Å². The molecule has 0 saturated heterocycles. The fraction of sp³-hybridized carbons (Fsp3) is 0.0714. The summed E-state index contributed by atoms with van der Waals surface area (Å²) >= 11 is 0. The number of nitrogens with two attached hydrogens (primary N) is 3. The lowest BCUT2D eigenvalue weighted by atomic mass is 10.1. The van der Waals surface area contributed by atoms with Gasteiger partial charge < -0.3 is 17.2 Å². The second-order valence-corrected chi connectivity index (χ2v) is 3.95. The lowest BCUT2D eigenvalue weighted by molar-refractivity contribution is 1.40. The van der Waals surface area contributed by atoms with E-state index in [0.717, 1.165) is 16.9 Å². The van der Waals surface area contributed by atoms with E-state index in [-0.39, 0.29) is 5.84 Å². The molecule has 18 heavy (non-hydrogen) atoms. The van der Waals surface area contributed by atoms with Crippen LogP contribution in [0.4, 0.5) is 11.4 Å². The standard InChI is InChI=1S/C8H10N2.C6H8N2/c1-6-2-4-7(5-3-6)8(9)10;7-5-1-2-6(8)4-3-5/h2-5H,1H3,(H3,9,10);1-4H,7-8H2. The van der Waals surface area contributed by atoms with E-state index in [1.54, 1.807) is 24.3 Å². The average Bonchev–Trinajstić information content (AvgIpc) is 2.34. The van der Waals surface area contributed by atoms with Crippen molar-refractivity contribution < 1.29 is 0 Å². The van der Waals surface area contributed by atoms with Crippen LogP contribution in [0.25, 0.3) is 0 Å². The summed E-state index contributed by atoms with van der Waals surface area (Å²) in [6, 6.07) is 14.7. The van der Waals surface area contributed by atoms with E-state index in [2.05, 4.69) is 0 Å². The van der Waals surface area contributed by atoms with Gasteiger partial charge >= 0.3 is 0 Å². The SMILES string of the molecule is Cc1ccc(C(=N)N)cc1.Nc1ccc(N)cc1. The van der Waals surface area contributed by atoms with Gasteiger partial charge in [0.2, 0.25) is 0 Å². The molecule has 0 amide bonds. The predicted octanol–water partition coefficient (Wildman–Crippen LogP) is 2.13. The Morgan fingerprint density at radius 3 is 1.56 bits per heavy atom. The molecular formula is C14H18N4. The summed E-state index contributed by atoms with van der Waals surface area (Å²) in [4.78, 5) is 0. The molecule has 0 atom stereocenters. The van der Waals surface area contributed by atoms with E-state index in [4.69, 9.17) is 22.6 Å². The third-order valence-corrected chi connectivity index (χ3v) is 2.30. The van der Waals surface area contributed by atoms with Crippen molar-refractivity contribution in [2.24, 2.45) is 5.73 Å². The maximum absolute atomic E-state index is 7.08. The molecule has 0 bridgehead atoms. The molecule has 0 aliphatic heterocycles. The summed E-state index contributed by atoms with van der Waals surface area (Å²) in [5.41, 5.74) is 19.5. The predicted molar refractivity (Wildman–Crippen MR) is 77.5 cm³/mol. The molecule has 0 unspecified atom stereocenters. The summed E-state index contributed by atoms with van der Waals surface area (Å²) < 4.78 is 0. The van der Waals surface area contributed by atoms with Gasteiger partial charge in [-0.1, -0.05) is 29.8 Å². The monoisotopic (exact) mass is 242 g/mol. The van der Waals surface area contributed by atoms with Crippen LogP contribution in [0.1, 0.15) is 11.1 Å². The zero-order chi connectivity index (χ0) is 13.5. The molecule has 94 valence electrons. The highest BCUT2D eigenvalue weighted by molar-refractivity contribution is 5.94. The molecule has 7 N–H and O–H groups in total. The Morgan fingerprint density at radius 1 is 0.833 bits per heavy atom. The fourth-order valence-corrected chi connectivity index (χ4v) is 1.23. The van der Waals surface area contributed by atoms with Gasteiger partial charge in [0.15, 0.2) is 0 Å². The van der Waals surface area contributed by atoms with E-state index in [1.165, 1.54) is 5.56 Å². The number of hydrogen-bond acceptors (Lipinski definition) is 3. The molecule has 4 heteroatoms. The van der Waals surface area contributed by atoms with Crippen molar-refractivity contribution in [1.29, 1.82) is 5.41 Å². The van der Waals surface area contributed by atoms with Crippen LogP contribution in [-0.4, -0.2) is 5.84 Å². The van der Waals surface area contributed by atoms with Crippen molar-refractivity contribution in [3.8, 4) is 0 Å². The Kier molecular flexibility index (Phi) is 4.75. The number of hydrogen-bond donors (Lipinski definition) is 4. The van der Waals surface area contributed by atoms with Gasteiger partial charge in [-0.05, 0) is 31.2 Å². The minimum Gasteiger partial charge on any atom is -0.399 e. The van der Waals surface area contributed by atoms with Crippen LogP contribution in [0.5, 0.6) is 0 Å². The molecule has 0 aliphatic carbocycles. The van der Waals surface area contributed by atoms with E-state index in [0.29, 0.717) is 0 Å². The molecule has 2 aromatic carbocycles. The number of rotatable bonds is 1. The largest absolute Gasteiger partial charge is 0.399 e. The zero-order valence-corrected chi connectivity index (χ0v) is 10.4. The highest BCUT2D eigenvalue weighted by Crippen LogP contribution is 2.05. The Balaban J connectivity index is 0.000000184. The van der Waals surface area contributed by atoms with Crippen molar-refractivity contribution in [1.82, 2.24) is 0 Å². The smallest absolute Gasteiger partial charge is 0.122 e. The zero-order valence-electron chi connectivity index (χ0n) is 10.4. The van der Waals surface area contributed by atoms with Crippen molar-refractivity contribution in [3.63, 3.8) is 0 Å². The molecule has 0 aromatic heterocycles. The second-order valence-electron chi connectivity index (χ2n) is 3.95. The van der Waals surface area contributed by atoms with Gasteiger partial charge in [-0.25, -0.2) is 0 Å². The third-order valence-electron chi connectivity index (χ3n) is 2.30. The van der Waals surface area contributed by atoms with Crippen LogP contribution in [-0.2, 0) is 0 Å².